The van der Waals surface area contributed by atoms with Crippen LogP contribution in [0.25, 0.3) is 21.5 Å². The number of carbonyl (C=O) groups is 1. The van der Waals surface area contributed by atoms with E-state index in [0.717, 1.165) is 0 Å². The lowest BCUT2D eigenvalue weighted by molar-refractivity contribution is 0.102. The van der Waals surface area contributed by atoms with Crippen molar-refractivity contribution in [3.8, 4) is 10.8 Å². The number of rotatable bonds is 3. The Morgan fingerprint density at radius 1 is 1.12 bits per heavy atom. The summed E-state index contributed by atoms with van der Waals surface area (Å²) in [6, 6.07) is 10.3. The largest absolute Gasteiger partial charge is 0.462 e. The smallest absolute Gasteiger partial charge is 0.278 e. The Morgan fingerprint density at radius 2 is 1.96 bits per heavy atom. The van der Waals surface area contributed by atoms with Gasteiger partial charge in [0.15, 0.2) is 16.5 Å². The number of furan rings is 1. The maximum absolute atomic E-state index is 12.5. The fraction of sp³-hybridized carbons (Fsp3) is 0. The molecule has 118 valence electrons. The van der Waals surface area contributed by atoms with Crippen LogP contribution in [0.5, 0.6) is 0 Å². The molecule has 1 aromatic carbocycles. The van der Waals surface area contributed by atoms with Gasteiger partial charge in [-0.1, -0.05) is 29.5 Å². The first-order valence-electron chi connectivity index (χ1n) is 6.88. The minimum Gasteiger partial charge on any atom is -0.462 e. The Balaban J connectivity index is 1.66. The van der Waals surface area contributed by atoms with Crippen LogP contribution in [0.15, 0.2) is 51.9 Å². The monoisotopic (exact) mass is 339 g/mol. The van der Waals surface area contributed by atoms with Gasteiger partial charge in [0.1, 0.15) is 0 Å². The second-order valence-corrected chi connectivity index (χ2v) is 5.77. The second kappa shape index (κ2) is 5.70. The second-order valence-electron chi connectivity index (χ2n) is 4.79. The van der Waals surface area contributed by atoms with Gasteiger partial charge in [-0.3, -0.25) is 14.9 Å². The zero-order valence-corrected chi connectivity index (χ0v) is 12.8. The lowest BCUT2D eigenvalue weighted by atomic mass is 10.1. The van der Waals surface area contributed by atoms with Crippen molar-refractivity contribution in [1.82, 2.24) is 20.4 Å². The van der Waals surface area contributed by atoms with Gasteiger partial charge in [0.25, 0.3) is 11.5 Å². The fourth-order valence-corrected chi connectivity index (χ4v) is 2.92. The lowest BCUT2D eigenvalue weighted by Crippen LogP contribution is -2.19. The number of fused-ring (bicyclic) bond motifs is 1. The summed E-state index contributed by atoms with van der Waals surface area (Å²) in [6.45, 7) is 0. The molecule has 9 heteroatoms. The Kier molecular flexibility index (Phi) is 3.39. The van der Waals surface area contributed by atoms with E-state index in [4.69, 9.17) is 4.42 Å². The predicted octanol–water partition coefficient (Wildman–Crippen LogP) is 2.29. The van der Waals surface area contributed by atoms with Crippen LogP contribution < -0.4 is 10.9 Å². The van der Waals surface area contributed by atoms with Crippen LogP contribution in [0, 0.1) is 0 Å². The summed E-state index contributed by atoms with van der Waals surface area (Å²) >= 11 is 1.17. The van der Waals surface area contributed by atoms with Crippen LogP contribution in [0.2, 0.25) is 0 Å². The average Bonchev–Trinajstić information content (AvgIpc) is 3.26. The molecule has 0 aliphatic carbocycles. The first kappa shape index (κ1) is 14.3. The summed E-state index contributed by atoms with van der Waals surface area (Å²) in [7, 11) is 0. The molecule has 1 amide bonds. The van der Waals surface area contributed by atoms with E-state index in [-0.39, 0.29) is 11.3 Å². The van der Waals surface area contributed by atoms with E-state index in [9.17, 15) is 9.59 Å². The highest BCUT2D eigenvalue weighted by Crippen LogP contribution is 2.26. The molecule has 0 radical (unpaired) electrons. The zero-order chi connectivity index (χ0) is 16.5. The van der Waals surface area contributed by atoms with Gasteiger partial charge in [-0.15, -0.1) is 10.2 Å². The lowest BCUT2D eigenvalue weighted by Gasteiger charge is -2.03. The molecular weight excluding hydrogens is 330 g/mol. The Morgan fingerprint density at radius 3 is 2.75 bits per heavy atom. The summed E-state index contributed by atoms with van der Waals surface area (Å²) in [6.07, 6.45) is 1.53. The van der Waals surface area contributed by atoms with Crippen LogP contribution in [0.1, 0.15) is 10.5 Å². The summed E-state index contributed by atoms with van der Waals surface area (Å²) in [5.74, 6) is 0.0882. The highest BCUT2D eigenvalue weighted by molar-refractivity contribution is 7.18. The molecule has 0 atom stereocenters. The number of nitrogens with zero attached hydrogens (tertiary/aromatic N) is 3. The van der Waals surface area contributed by atoms with E-state index in [1.54, 1.807) is 36.4 Å². The van der Waals surface area contributed by atoms with E-state index in [2.05, 4.69) is 25.7 Å². The summed E-state index contributed by atoms with van der Waals surface area (Å²) in [5.41, 5.74) is -0.238. The first-order valence-corrected chi connectivity index (χ1v) is 7.70. The zero-order valence-electron chi connectivity index (χ0n) is 12.0. The molecule has 8 nitrogen and oxygen atoms in total. The number of hydrogen-bond acceptors (Lipinski definition) is 7. The number of benzene rings is 1. The van der Waals surface area contributed by atoms with Crippen molar-refractivity contribution in [3.63, 3.8) is 0 Å². The molecule has 0 aliphatic heterocycles. The van der Waals surface area contributed by atoms with Gasteiger partial charge in [0.2, 0.25) is 5.13 Å². The van der Waals surface area contributed by atoms with Crippen LogP contribution in [0.3, 0.4) is 0 Å². The van der Waals surface area contributed by atoms with E-state index < -0.39 is 5.91 Å². The molecule has 24 heavy (non-hydrogen) atoms. The molecule has 0 fully saturated rings. The van der Waals surface area contributed by atoms with E-state index >= 15 is 0 Å². The minimum atomic E-state index is -0.482. The molecule has 3 heterocycles. The number of carbonyl (C=O) groups excluding carboxylic acids is 1. The molecule has 4 aromatic rings. The SMILES string of the molecule is O=C(Nc1nnc(-c2ccco2)s1)c1n[nH]c(=O)c2ccccc12. The van der Waals surface area contributed by atoms with E-state index in [1.165, 1.54) is 17.6 Å². The van der Waals surface area contributed by atoms with Gasteiger partial charge in [0, 0.05) is 5.39 Å². The maximum Gasteiger partial charge on any atom is 0.278 e. The van der Waals surface area contributed by atoms with Crippen molar-refractivity contribution < 1.29 is 9.21 Å². The minimum absolute atomic E-state index is 0.111. The normalized spacial score (nSPS) is 10.8. The van der Waals surface area contributed by atoms with Crippen molar-refractivity contribution in [1.29, 1.82) is 0 Å². The molecule has 2 N–H and O–H groups in total. The molecule has 0 saturated carbocycles. The third kappa shape index (κ3) is 2.46. The van der Waals surface area contributed by atoms with Crippen molar-refractivity contribution in [2.75, 3.05) is 5.32 Å². The quantitative estimate of drug-likeness (QED) is 0.592. The third-order valence-corrected chi connectivity index (χ3v) is 4.14. The summed E-state index contributed by atoms with van der Waals surface area (Å²) in [5, 5.41) is 18.4. The standard InChI is InChI=1S/C15H9N5O3S/c21-12-9-5-2-1-4-8(9)11(17-18-12)13(22)16-15-20-19-14(24-15)10-6-3-7-23-10/h1-7H,(H,18,21)(H,16,20,22). The Bertz CT molecular complexity index is 1080. The molecule has 0 aliphatic rings. The van der Waals surface area contributed by atoms with Crippen molar-refractivity contribution >= 4 is 33.1 Å². The van der Waals surface area contributed by atoms with Gasteiger partial charge in [-0.2, -0.15) is 5.10 Å². The van der Waals surface area contributed by atoms with Gasteiger partial charge >= 0.3 is 0 Å². The van der Waals surface area contributed by atoms with E-state index in [1.807, 2.05) is 0 Å². The van der Waals surface area contributed by atoms with E-state index in [0.29, 0.717) is 26.7 Å². The average molecular weight is 339 g/mol. The third-order valence-electron chi connectivity index (χ3n) is 3.29. The summed E-state index contributed by atoms with van der Waals surface area (Å²) < 4.78 is 5.24. The highest BCUT2D eigenvalue weighted by atomic mass is 32.1. The van der Waals surface area contributed by atoms with Crippen LogP contribution in [-0.2, 0) is 0 Å². The highest BCUT2D eigenvalue weighted by Gasteiger charge is 2.17. The van der Waals surface area contributed by atoms with Crippen molar-refractivity contribution in [2.45, 2.75) is 0 Å². The first-order chi connectivity index (χ1) is 11.7. The molecule has 0 unspecified atom stereocenters. The summed E-state index contributed by atoms with van der Waals surface area (Å²) in [4.78, 5) is 24.2. The molecule has 3 aromatic heterocycles. The van der Waals surface area contributed by atoms with Gasteiger partial charge in [-0.05, 0) is 18.2 Å². The maximum atomic E-state index is 12.5. The molecule has 0 spiro atoms. The van der Waals surface area contributed by atoms with Crippen LogP contribution >= 0.6 is 11.3 Å². The number of aromatic nitrogens is 4. The number of aromatic amines is 1. The van der Waals surface area contributed by atoms with Gasteiger partial charge < -0.3 is 4.42 Å². The van der Waals surface area contributed by atoms with Crippen LogP contribution in [0.4, 0.5) is 5.13 Å². The number of nitrogens with one attached hydrogen (secondary N) is 2. The van der Waals surface area contributed by atoms with Gasteiger partial charge in [0.05, 0.1) is 11.6 Å². The Hall–Kier alpha value is -3.33. The number of H-pyrrole nitrogens is 1. The number of anilines is 1. The Labute approximate surface area is 138 Å². The number of amides is 1. The molecule has 0 saturated heterocycles. The molecule has 0 bridgehead atoms. The fourth-order valence-electron chi connectivity index (χ4n) is 2.22. The van der Waals surface area contributed by atoms with Gasteiger partial charge in [-0.25, -0.2) is 5.10 Å². The van der Waals surface area contributed by atoms with Crippen LogP contribution in [-0.4, -0.2) is 26.3 Å². The topological polar surface area (TPSA) is 114 Å². The van der Waals surface area contributed by atoms with Crippen molar-refractivity contribution in [2.24, 2.45) is 0 Å². The molecular formula is C15H9N5O3S. The predicted molar refractivity (Wildman–Crippen MR) is 87.9 cm³/mol. The molecule has 4 rings (SSSR count). The number of hydrogen-bond donors (Lipinski definition) is 2. The van der Waals surface area contributed by atoms with Crippen molar-refractivity contribution in [3.05, 3.63) is 58.7 Å².